The van der Waals surface area contributed by atoms with E-state index in [0.717, 1.165) is 39.0 Å². The second kappa shape index (κ2) is 6.79. The summed E-state index contributed by atoms with van der Waals surface area (Å²) in [6.07, 6.45) is 0.733. The number of nitrogens with two attached hydrogens (primary N) is 1. The number of benzene rings is 2. The largest absolute Gasteiger partial charge is 0.493 e. The molecule has 1 heterocycles. The molecule has 0 saturated heterocycles. The molecule has 0 aliphatic heterocycles. The third-order valence-corrected chi connectivity index (χ3v) is 4.45. The Kier molecular flexibility index (Phi) is 4.57. The molecule has 3 aromatic rings. The Morgan fingerprint density at radius 3 is 2.48 bits per heavy atom. The maximum Gasteiger partial charge on any atom is 0.123 e. The molecule has 23 heavy (non-hydrogen) atoms. The lowest BCUT2D eigenvalue weighted by Gasteiger charge is -2.04. The number of nitrogen functional groups attached to an aromatic ring is 1. The van der Waals surface area contributed by atoms with Crippen LogP contribution in [-0.2, 0) is 6.42 Å². The van der Waals surface area contributed by atoms with Crippen LogP contribution < -0.4 is 10.5 Å². The maximum atomic E-state index is 13.0. The van der Waals surface area contributed by atoms with E-state index in [0.29, 0.717) is 6.61 Å². The van der Waals surface area contributed by atoms with Crippen LogP contribution >= 0.6 is 11.3 Å². The first-order valence-electron chi connectivity index (χ1n) is 7.32. The summed E-state index contributed by atoms with van der Waals surface area (Å²) >= 11 is 1.65. The second-order valence-corrected chi connectivity index (χ2v) is 6.47. The van der Waals surface area contributed by atoms with Gasteiger partial charge in [0.1, 0.15) is 11.6 Å². The summed E-state index contributed by atoms with van der Waals surface area (Å²) in [7, 11) is 0. The molecule has 0 saturated carbocycles. The number of halogens is 1. The van der Waals surface area contributed by atoms with Crippen LogP contribution in [0.5, 0.6) is 5.75 Å². The first-order chi connectivity index (χ1) is 11.1. The first-order valence-corrected chi connectivity index (χ1v) is 8.14. The zero-order chi connectivity index (χ0) is 16.2. The van der Waals surface area contributed by atoms with Crippen LogP contribution in [-0.4, -0.2) is 11.6 Å². The van der Waals surface area contributed by atoms with Gasteiger partial charge in [0, 0.05) is 22.5 Å². The quantitative estimate of drug-likeness (QED) is 0.703. The fourth-order valence-corrected chi connectivity index (χ4v) is 3.19. The Morgan fingerprint density at radius 2 is 1.78 bits per heavy atom. The minimum atomic E-state index is -0.237. The molecular formula is C18H17FN2OS. The van der Waals surface area contributed by atoms with Gasteiger partial charge in [0.2, 0.25) is 0 Å². The van der Waals surface area contributed by atoms with Crippen molar-refractivity contribution in [3.63, 3.8) is 0 Å². The monoisotopic (exact) mass is 328 g/mol. The standard InChI is InChI=1S/C18H17FN2OS/c1-12-18(13-2-4-14(19)5-3-13)21-17(23-12)10-11-22-16-8-6-15(20)7-9-16/h2-9H,10-11,20H2,1H3. The van der Waals surface area contributed by atoms with Crippen molar-refractivity contribution >= 4 is 17.0 Å². The number of hydrogen-bond donors (Lipinski definition) is 1. The van der Waals surface area contributed by atoms with Gasteiger partial charge in [-0.3, -0.25) is 0 Å². The normalized spacial score (nSPS) is 10.7. The third kappa shape index (κ3) is 3.87. The SMILES string of the molecule is Cc1sc(CCOc2ccc(N)cc2)nc1-c1ccc(F)cc1. The van der Waals surface area contributed by atoms with Gasteiger partial charge in [-0.15, -0.1) is 11.3 Å². The highest BCUT2D eigenvalue weighted by molar-refractivity contribution is 7.12. The maximum absolute atomic E-state index is 13.0. The van der Waals surface area contributed by atoms with E-state index in [1.54, 1.807) is 23.5 Å². The molecule has 0 amide bonds. The summed E-state index contributed by atoms with van der Waals surface area (Å²) in [5.74, 6) is 0.560. The predicted octanol–water partition coefficient (Wildman–Crippen LogP) is 4.46. The molecule has 0 atom stereocenters. The molecule has 5 heteroatoms. The smallest absolute Gasteiger partial charge is 0.123 e. The van der Waals surface area contributed by atoms with Crippen molar-refractivity contribution in [3.8, 4) is 17.0 Å². The number of rotatable bonds is 5. The average molecular weight is 328 g/mol. The van der Waals surface area contributed by atoms with E-state index in [-0.39, 0.29) is 5.82 Å². The van der Waals surface area contributed by atoms with Crippen LogP contribution in [0.1, 0.15) is 9.88 Å². The molecule has 3 rings (SSSR count). The number of ether oxygens (including phenoxy) is 1. The zero-order valence-corrected chi connectivity index (χ0v) is 13.6. The molecule has 0 aliphatic rings. The molecule has 0 aliphatic carbocycles. The molecule has 0 radical (unpaired) electrons. The van der Waals surface area contributed by atoms with Crippen molar-refractivity contribution in [1.29, 1.82) is 0 Å². The van der Waals surface area contributed by atoms with Crippen molar-refractivity contribution in [1.82, 2.24) is 4.98 Å². The van der Waals surface area contributed by atoms with Crippen LogP contribution in [0.2, 0.25) is 0 Å². The topological polar surface area (TPSA) is 48.1 Å². The van der Waals surface area contributed by atoms with Gasteiger partial charge in [0.25, 0.3) is 0 Å². The summed E-state index contributed by atoms with van der Waals surface area (Å²) in [5, 5.41) is 1.01. The van der Waals surface area contributed by atoms with Crippen molar-refractivity contribution in [2.75, 3.05) is 12.3 Å². The number of nitrogens with zero attached hydrogens (tertiary/aromatic N) is 1. The van der Waals surface area contributed by atoms with Crippen molar-refractivity contribution < 1.29 is 9.13 Å². The Bertz CT molecular complexity index is 782. The van der Waals surface area contributed by atoms with Gasteiger partial charge < -0.3 is 10.5 Å². The third-order valence-electron chi connectivity index (χ3n) is 3.42. The molecule has 0 unspecified atom stereocenters. The van der Waals surface area contributed by atoms with E-state index in [1.165, 1.54) is 12.1 Å². The van der Waals surface area contributed by atoms with E-state index in [2.05, 4.69) is 4.98 Å². The first kappa shape index (κ1) is 15.5. The molecule has 0 spiro atoms. The molecule has 2 N–H and O–H groups in total. The summed E-state index contributed by atoms with van der Waals surface area (Å²) in [5.41, 5.74) is 8.21. The summed E-state index contributed by atoms with van der Waals surface area (Å²) < 4.78 is 18.7. The second-order valence-electron chi connectivity index (χ2n) is 5.19. The summed E-state index contributed by atoms with van der Waals surface area (Å²) in [4.78, 5) is 5.78. The highest BCUT2D eigenvalue weighted by atomic mass is 32.1. The zero-order valence-electron chi connectivity index (χ0n) is 12.8. The van der Waals surface area contributed by atoms with E-state index in [9.17, 15) is 4.39 Å². The van der Waals surface area contributed by atoms with Crippen molar-refractivity contribution in [2.24, 2.45) is 0 Å². The van der Waals surface area contributed by atoms with E-state index in [4.69, 9.17) is 10.5 Å². The fraction of sp³-hybridized carbons (Fsp3) is 0.167. The van der Waals surface area contributed by atoms with Gasteiger partial charge in [0.05, 0.1) is 17.3 Å². The van der Waals surface area contributed by atoms with Crippen LogP contribution in [0.15, 0.2) is 48.5 Å². The highest BCUT2D eigenvalue weighted by Crippen LogP contribution is 2.28. The van der Waals surface area contributed by atoms with Crippen molar-refractivity contribution in [2.45, 2.75) is 13.3 Å². The summed E-state index contributed by atoms with van der Waals surface area (Å²) in [6.45, 7) is 2.58. The lowest BCUT2D eigenvalue weighted by molar-refractivity contribution is 0.322. The lowest BCUT2D eigenvalue weighted by atomic mass is 10.1. The van der Waals surface area contributed by atoms with E-state index < -0.39 is 0 Å². The van der Waals surface area contributed by atoms with Crippen LogP contribution in [0.4, 0.5) is 10.1 Å². The van der Waals surface area contributed by atoms with Crippen LogP contribution in [0.25, 0.3) is 11.3 Å². The Hall–Kier alpha value is -2.40. The number of anilines is 1. The molecule has 3 nitrogen and oxygen atoms in total. The molecule has 0 bridgehead atoms. The summed E-state index contributed by atoms with van der Waals surface area (Å²) in [6, 6.07) is 13.8. The van der Waals surface area contributed by atoms with Crippen molar-refractivity contribution in [3.05, 3.63) is 64.2 Å². The molecular weight excluding hydrogens is 311 g/mol. The van der Waals surface area contributed by atoms with Gasteiger partial charge in [-0.2, -0.15) is 0 Å². The molecule has 118 valence electrons. The number of thiazole rings is 1. The molecule has 1 aromatic heterocycles. The number of hydrogen-bond acceptors (Lipinski definition) is 4. The Balaban J connectivity index is 1.64. The van der Waals surface area contributed by atoms with Gasteiger partial charge in [-0.1, -0.05) is 0 Å². The lowest BCUT2D eigenvalue weighted by Crippen LogP contribution is -2.01. The predicted molar refractivity (Wildman–Crippen MR) is 92.3 cm³/mol. The highest BCUT2D eigenvalue weighted by Gasteiger charge is 2.10. The average Bonchev–Trinajstić information content (AvgIpc) is 2.91. The van der Waals surface area contributed by atoms with Gasteiger partial charge in [-0.25, -0.2) is 9.37 Å². The minimum Gasteiger partial charge on any atom is -0.493 e. The fourth-order valence-electron chi connectivity index (χ4n) is 2.25. The number of aromatic nitrogens is 1. The van der Waals surface area contributed by atoms with E-state index in [1.807, 2.05) is 31.2 Å². The molecule has 2 aromatic carbocycles. The van der Waals surface area contributed by atoms with Gasteiger partial charge in [-0.05, 0) is 55.5 Å². The van der Waals surface area contributed by atoms with Crippen LogP contribution in [0, 0.1) is 12.7 Å². The molecule has 0 fully saturated rings. The Morgan fingerprint density at radius 1 is 1.09 bits per heavy atom. The van der Waals surface area contributed by atoms with Crippen LogP contribution in [0.3, 0.4) is 0 Å². The van der Waals surface area contributed by atoms with Gasteiger partial charge in [0.15, 0.2) is 0 Å². The van der Waals surface area contributed by atoms with Gasteiger partial charge >= 0.3 is 0 Å². The van der Waals surface area contributed by atoms with E-state index >= 15 is 0 Å². The minimum absolute atomic E-state index is 0.237. The number of aryl methyl sites for hydroxylation is 1. The Labute approximate surface area is 138 Å².